The Balaban J connectivity index is 1.66. The number of pyridine rings is 1. The van der Waals surface area contributed by atoms with Gasteiger partial charge in [0, 0.05) is 25.2 Å². The highest BCUT2D eigenvalue weighted by Gasteiger charge is 2.14. The van der Waals surface area contributed by atoms with Crippen molar-refractivity contribution >= 4 is 11.7 Å². The summed E-state index contributed by atoms with van der Waals surface area (Å²) in [5.74, 6) is 0.234. The zero-order chi connectivity index (χ0) is 16.1. The Kier molecular flexibility index (Phi) is 4.86. The molecule has 5 heteroatoms. The number of halogens is 1. The molecule has 0 bridgehead atoms. The van der Waals surface area contributed by atoms with E-state index in [9.17, 15) is 9.18 Å². The van der Waals surface area contributed by atoms with Crippen molar-refractivity contribution in [2.75, 3.05) is 18.0 Å². The molecule has 1 amide bonds. The SMILES string of the molecule is O=C(NCc1ccccc1F)c1cccc(N2CCCCC2)n1. The van der Waals surface area contributed by atoms with Crippen LogP contribution in [0.15, 0.2) is 42.5 Å². The molecular weight excluding hydrogens is 293 g/mol. The van der Waals surface area contributed by atoms with Crippen LogP contribution in [0.4, 0.5) is 10.2 Å². The van der Waals surface area contributed by atoms with Gasteiger partial charge in [-0.1, -0.05) is 24.3 Å². The van der Waals surface area contributed by atoms with E-state index in [4.69, 9.17) is 0 Å². The van der Waals surface area contributed by atoms with Gasteiger partial charge >= 0.3 is 0 Å². The van der Waals surface area contributed by atoms with Crippen LogP contribution < -0.4 is 10.2 Å². The average Bonchev–Trinajstić information content (AvgIpc) is 2.62. The summed E-state index contributed by atoms with van der Waals surface area (Å²) in [4.78, 5) is 18.9. The molecule has 0 spiro atoms. The fraction of sp³-hybridized carbons (Fsp3) is 0.333. The zero-order valence-corrected chi connectivity index (χ0v) is 13.0. The molecule has 0 saturated carbocycles. The second-order valence-electron chi connectivity index (χ2n) is 5.70. The minimum absolute atomic E-state index is 0.154. The molecule has 1 saturated heterocycles. The lowest BCUT2D eigenvalue weighted by Crippen LogP contribution is -2.31. The first-order chi connectivity index (χ1) is 11.2. The fourth-order valence-corrected chi connectivity index (χ4v) is 2.76. The predicted molar refractivity (Wildman–Crippen MR) is 87.9 cm³/mol. The number of carbonyl (C=O) groups is 1. The Bertz CT molecular complexity index is 683. The third-order valence-corrected chi connectivity index (χ3v) is 4.04. The van der Waals surface area contributed by atoms with Gasteiger partial charge in [-0.15, -0.1) is 0 Å². The summed E-state index contributed by atoms with van der Waals surface area (Å²) in [6.45, 7) is 2.11. The lowest BCUT2D eigenvalue weighted by atomic mass is 10.1. The van der Waals surface area contributed by atoms with Gasteiger partial charge in [-0.25, -0.2) is 9.37 Å². The molecule has 1 fully saturated rings. The molecule has 1 aliphatic rings. The van der Waals surface area contributed by atoms with Crippen LogP contribution >= 0.6 is 0 Å². The van der Waals surface area contributed by atoms with E-state index in [1.54, 1.807) is 24.3 Å². The van der Waals surface area contributed by atoms with E-state index in [0.29, 0.717) is 11.3 Å². The van der Waals surface area contributed by atoms with Crippen molar-refractivity contribution in [2.24, 2.45) is 0 Å². The normalized spacial score (nSPS) is 14.6. The largest absolute Gasteiger partial charge is 0.357 e. The van der Waals surface area contributed by atoms with Crippen LogP contribution in [-0.4, -0.2) is 24.0 Å². The van der Waals surface area contributed by atoms with Crippen molar-refractivity contribution in [2.45, 2.75) is 25.8 Å². The van der Waals surface area contributed by atoms with Crippen LogP contribution in [0, 0.1) is 5.82 Å². The number of carbonyl (C=O) groups excluding carboxylic acids is 1. The van der Waals surface area contributed by atoms with Crippen molar-refractivity contribution in [3.8, 4) is 0 Å². The number of rotatable bonds is 4. The number of hydrogen-bond donors (Lipinski definition) is 1. The first kappa shape index (κ1) is 15.5. The number of nitrogens with zero attached hydrogens (tertiary/aromatic N) is 2. The molecule has 1 aromatic heterocycles. The summed E-state index contributed by atoms with van der Waals surface area (Å²) < 4.78 is 13.6. The van der Waals surface area contributed by atoms with Crippen molar-refractivity contribution in [1.82, 2.24) is 10.3 Å². The number of benzene rings is 1. The Hall–Kier alpha value is -2.43. The van der Waals surface area contributed by atoms with Gasteiger partial charge in [-0.2, -0.15) is 0 Å². The van der Waals surface area contributed by atoms with E-state index in [2.05, 4.69) is 15.2 Å². The van der Waals surface area contributed by atoms with Crippen LogP contribution in [0.5, 0.6) is 0 Å². The standard InChI is InChI=1S/C18H20FN3O/c19-15-8-3-2-7-14(15)13-20-18(23)16-9-6-10-17(21-16)22-11-4-1-5-12-22/h2-3,6-10H,1,4-5,11-13H2,(H,20,23). The second kappa shape index (κ2) is 7.22. The van der Waals surface area contributed by atoms with Gasteiger partial charge in [-0.3, -0.25) is 4.79 Å². The molecule has 120 valence electrons. The molecule has 1 N–H and O–H groups in total. The maximum atomic E-state index is 13.6. The summed E-state index contributed by atoms with van der Waals surface area (Å²) in [5.41, 5.74) is 0.831. The van der Waals surface area contributed by atoms with E-state index in [-0.39, 0.29) is 18.3 Å². The van der Waals surface area contributed by atoms with E-state index in [1.807, 2.05) is 12.1 Å². The highest BCUT2D eigenvalue weighted by Crippen LogP contribution is 2.17. The lowest BCUT2D eigenvalue weighted by molar-refractivity contribution is 0.0945. The number of anilines is 1. The summed E-state index contributed by atoms with van der Waals surface area (Å²) in [6.07, 6.45) is 3.57. The highest BCUT2D eigenvalue weighted by atomic mass is 19.1. The van der Waals surface area contributed by atoms with Gasteiger partial charge in [0.1, 0.15) is 17.3 Å². The van der Waals surface area contributed by atoms with Crippen LogP contribution in [-0.2, 0) is 6.54 Å². The third kappa shape index (κ3) is 3.86. The smallest absolute Gasteiger partial charge is 0.270 e. The number of piperidine rings is 1. The number of amides is 1. The zero-order valence-electron chi connectivity index (χ0n) is 13.0. The van der Waals surface area contributed by atoms with E-state index in [0.717, 1.165) is 31.7 Å². The number of hydrogen-bond acceptors (Lipinski definition) is 3. The van der Waals surface area contributed by atoms with Gasteiger partial charge in [0.15, 0.2) is 0 Å². The Morgan fingerprint density at radius 1 is 1.09 bits per heavy atom. The third-order valence-electron chi connectivity index (χ3n) is 4.04. The summed E-state index contributed by atoms with van der Waals surface area (Å²) in [5, 5.41) is 2.73. The Morgan fingerprint density at radius 2 is 1.87 bits per heavy atom. The van der Waals surface area contributed by atoms with Gasteiger partial charge in [-0.05, 0) is 37.5 Å². The second-order valence-corrected chi connectivity index (χ2v) is 5.70. The minimum Gasteiger partial charge on any atom is -0.357 e. The maximum Gasteiger partial charge on any atom is 0.270 e. The van der Waals surface area contributed by atoms with Crippen molar-refractivity contribution in [3.05, 3.63) is 59.5 Å². The van der Waals surface area contributed by atoms with Gasteiger partial charge in [0.05, 0.1) is 0 Å². The summed E-state index contributed by atoms with van der Waals surface area (Å²) >= 11 is 0. The maximum absolute atomic E-state index is 13.6. The molecular formula is C18H20FN3O. The first-order valence-electron chi connectivity index (χ1n) is 7.97. The topological polar surface area (TPSA) is 45.2 Å². The van der Waals surface area contributed by atoms with E-state index >= 15 is 0 Å². The molecule has 0 unspecified atom stereocenters. The van der Waals surface area contributed by atoms with E-state index in [1.165, 1.54) is 12.5 Å². The molecule has 0 aliphatic carbocycles. The fourth-order valence-electron chi connectivity index (χ4n) is 2.76. The van der Waals surface area contributed by atoms with Crippen molar-refractivity contribution in [3.63, 3.8) is 0 Å². The first-order valence-corrected chi connectivity index (χ1v) is 7.97. The monoisotopic (exact) mass is 313 g/mol. The van der Waals surface area contributed by atoms with Crippen LogP contribution in [0.2, 0.25) is 0 Å². The summed E-state index contributed by atoms with van der Waals surface area (Å²) in [6, 6.07) is 11.9. The average molecular weight is 313 g/mol. The number of nitrogens with one attached hydrogen (secondary N) is 1. The van der Waals surface area contributed by atoms with E-state index < -0.39 is 0 Å². The van der Waals surface area contributed by atoms with Crippen molar-refractivity contribution < 1.29 is 9.18 Å². The highest BCUT2D eigenvalue weighted by molar-refractivity contribution is 5.92. The molecule has 23 heavy (non-hydrogen) atoms. The minimum atomic E-state index is -0.317. The molecule has 3 rings (SSSR count). The molecule has 1 aromatic carbocycles. The van der Waals surface area contributed by atoms with Gasteiger partial charge < -0.3 is 10.2 Å². The van der Waals surface area contributed by atoms with Crippen LogP contribution in [0.3, 0.4) is 0 Å². The molecule has 0 radical (unpaired) electrons. The quantitative estimate of drug-likeness (QED) is 0.943. The Morgan fingerprint density at radius 3 is 2.65 bits per heavy atom. The van der Waals surface area contributed by atoms with Crippen LogP contribution in [0.25, 0.3) is 0 Å². The van der Waals surface area contributed by atoms with Gasteiger partial charge in [0.25, 0.3) is 5.91 Å². The lowest BCUT2D eigenvalue weighted by Gasteiger charge is -2.27. The van der Waals surface area contributed by atoms with Crippen LogP contribution in [0.1, 0.15) is 35.3 Å². The van der Waals surface area contributed by atoms with Crippen molar-refractivity contribution in [1.29, 1.82) is 0 Å². The molecule has 0 atom stereocenters. The Labute approximate surface area is 135 Å². The number of aromatic nitrogens is 1. The summed E-state index contributed by atoms with van der Waals surface area (Å²) in [7, 11) is 0. The van der Waals surface area contributed by atoms with Gasteiger partial charge in [0.2, 0.25) is 0 Å². The molecule has 2 heterocycles. The predicted octanol–water partition coefficient (Wildman–Crippen LogP) is 3.14. The molecule has 4 nitrogen and oxygen atoms in total. The molecule has 2 aromatic rings. The molecule has 1 aliphatic heterocycles.